The van der Waals surface area contributed by atoms with Gasteiger partial charge in [0.2, 0.25) is 6.36 Å². The molecule has 1 rings (SSSR count). The van der Waals surface area contributed by atoms with E-state index in [1.54, 1.807) is 0 Å². The van der Waals surface area contributed by atoms with E-state index in [1.165, 1.54) is 0 Å². The maximum absolute atomic E-state index is 13.3. The summed E-state index contributed by atoms with van der Waals surface area (Å²) in [7, 11) is -1.69. The van der Waals surface area contributed by atoms with E-state index in [9.17, 15) is 8.96 Å². The van der Waals surface area contributed by atoms with Crippen molar-refractivity contribution in [2.45, 2.75) is 31.5 Å². The van der Waals surface area contributed by atoms with Gasteiger partial charge in [-0.25, -0.2) is 8.96 Å². The van der Waals surface area contributed by atoms with Crippen LogP contribution in [0, 0.1) is 0 Å². The molecule has 3 nitrogen and oxygen atoms in total. The van der Waals surface area contributed by atoms with Crippen LogP contribution in [0.1, 0.15) is 0 Å². The number of hydrogen-bond acceptors (Lipinski definition) is 3. The molecule has 0 saturated carbocycles. The van der Waals surface area contributed by atoms with Crippen LogP contribution in [0.5, 0.6) is 0 Å². The Labute approximate surface area is 82.9 Å². The Morgan fingerprint density at radius 1 is 1.54 bits per heavy atom. The molecule has 1 aliphatic heterocycles. The molecule has 13 heavy (non-hydrogen) atoms. The van der Waals surface area contributed by atoms with Crippen LogP contribution in [0.15, 0.2) is 0 Å². The zero-order chi connectivity index (χ0) is 10.3. The minimum Gasteiger partial charge on any atom is -0.297 e. The lowest BCUT2D eigenvalue weighted by molar-refractivity contribution is 0.00148. The summed E-state index contributed by atoms with van der Waals surface area (Å²) in [6.45, 7) is 2.47. The van der Waals surface area contributed by atoms with Crippen LogP contribution < -0.4 is 0 Å². The second-order valence-electron chi connectivity index (χ2n) is 4.16. The summed E-state index contributed by atoms with van der Waals surface area (Å²) >= 11 is 5.27. The van der Waals surface area contributed by atoms with Gasteiger partial charge < -0.3 is 0 Å². The predicted molar refractivity (Wildman–Crippen MR) is 52.5 cm³/mol. The molecule has 0 radical (unpaired) electrons. The second-order valence-corrected chi connectivity index (χ2v) is 12.2. The highest BCUT2D eigenvalue weighted by Crippen LogP contribution is 2.60. The smallest absolute Gasteiger partial charge is 0.297 e. The summed E-state index contributed by atoms with van der Waals surface area (Å²) in [6.07, 6.45) is -1.55. The van der Waals surface area contributed by atoms with Crippen molar-refractivity contribution >= 4 is 26.3 Å². The van der Waals surface area contributed by atoms with Crippen LogP contribution in [-0.2, 0) is 13.6 Å². The van der Waals surface area contributed by atoms with Gasteiger partial charge in [-0.1, -0.05) is 19.6 Å². The van der Waals surface area contributed by atoms with Crippen LogP contribution >= 0.6 is 18.2 Å². The molecule has 1 fully saturated rings. The average Bonchev–Trinajstić information content (AvgIpc) is 1.80. The van der Waals surface area contributed by atoms with E-state index in [-0.39, 0.29) is 12.1 Å². The number of halogens is 2. The molecular weight excluding hydrogens is 234 g/mol. The Balaban J connectivity index is 2.70. The SMILES string of the molecule is C[Si](C)(C)C1COP(=O)(Cl)OC1F. The first-order valence-electron chi connectivity index (χ1n) is 3.99. The fraction of sp³-hybridized carbons (Fsp3) is 1.00. The highest BCUT2D eigenvalue weighted by Gasteiger charge is 2.44. The van der Waals surface area contributed by atoms with E-state index in [1.807, 2.05) is 19.6 Å². The van der Waals surface area contributed by atoms with E-state index < -0.39 is 21.4 Å². The Morgan fingerprint density at radius 3 is 2.46 bits per heavy atom. The van der Waals surface area contributed by atoms with Gasteiger partial charge in [0, 0.05) is 16.8 Å². The Morgan fingerprint density at radius 2 is 2.08 bits per heavy atom. The third-order valence-electron chi connectivity index (χ3n) is 2.06. The van der Waals surface area contributed by atoms with E-state index in [4.69, 9.17) is 15.8 Å². The van der Waals surface area contributed by atoms with Crippen LogP contribution in [0.2, 0.25) is 25.2 Å². The molecule has 0 aromatic rings. The summed E-state index contributed by atoms with van der Waals surface area (Å²) in [5.41, 5.74) is -0.298. The van der Waals surface area contributed by atoms with Crippen LogP contribution in [-0.4, -0.2) is 21.0 Å². The summed E-state index contributed by atoms with van der Waals surface area (Å²) < 4.78 is 33.6. The standard InChI is InChI=1S/C6H13ClFO3PSi/c1-13(2,3)5-4-10-12(7,9)11-6(5)8/h5-6H,4H2,1-3H3. The molecular formula is C6H13ClFO3PSi. The van der Waals surface area contributed by atoms with Crippen molar-refractivity contribution in [2.75, 3.05) is 6.61 Å². The van der Waals surface area contributed by atoms with Gasteiger partial charge in [-0.05, 0) is 0 Å². The largest absolute Gasteiger partial charge is 0.426 e. The van der Waals surface area contributed by atoms with Crippen molar-refractivity contribution in [1.29, 1.82) is 0 Å². The van der Waals surface area contributed by atoms with Crippen molar-refractivity contribution in [3.05, 3.63) is 0 Å². The fourth-order valence-electron chi connectivity index (χ4n) is 1.11. The van der Waals surface area contributed by atoms with Gasteiger partial charge in [-0.15, -0.1) is 0 Å². The minimum atomic E-state index is -3.63. The van der Waals surface area contributed by atoms with E-state index in [0.717, 1.165) is 0 Å². The van der Waals surface area contributed by atoms with Crippen molar-refractivity contribution in [1.82, 2.24) is 0 Å². The lowest BCUT2D eigenvalue weighted by Gasteiger charge is -2.35. The van der Waals surface area contributed by atoms with Gasteiger partial charge in [0.15, 0.2) is 0 Å². The Bertz CT molecular complexity index is 245. The quantitative estimate of drug-likeness (QED) is 0.526. The van der Waals surface area contributed by atoms with Gasteiger partial charge >= 0.3 is 6.95 Å². The molecule has 0 amide bonds. The van der Waals surface area contributed by atoms with E-state index >= 15 is 0 Å². The maximum Gasteiger partial charge on any atom is 0.426 e. The molecule has 0 aliphatic carbocycles. The Hall–Kier alpha value is 0.587. The van der Waals surface area contributed by atoms with Crippen LogP contribution in [0.4, 0.5) is 4.39 Å². The topological polar surface area (TPSA) is 35.5 Å². The highest BCUT2D eigenvalue weighted by atomic mass is 35.7. The molecule has 0 N–H and O–H groups in total. The van der Waals surface area contributed by atoms with Crippen molar-refractivity contribution in [3.8, 4) is 0 Å². The maximum atomic E-state index is 13.3. The number of alkyl halides is 1. The molecule has 0 spiro atoms. The summed E-state index contributed by atoms with van der Waals surface area (Å²) in [5, 5.41) is 0. The summed E-state index contributed by atoms with van der Waals surface area (Å²) in [5.74, 6) is 0. The van der Waals surface area contributed by atoms with Gasteiger partial charge in [0.1, 0.15) is 0 Å². The summed E-state index contributed by atoms with van der Waals surface area (Å²) in [6, 6.07) is 0. The zero-order valence-electron chi connectivity index (χ0n) is 7.79. The first-order valence-corrected chi connectivity index (χ1v) is 10.0. The van der Waals surface area contributed by atoms with Gasteiger partial charge in [-0.3, -0.25) is 9.05 Å². The van der Waals surface area contributed by atoms with Crippen molar-refractivity contribution < 1.29 is 18.0 Å². The molecule has 7 heteroatoms. The monoisotopic (exact) mass is 246 g/mol. The zero-order valence-corrected chi connectivity index (χ0v) is 10.4. The van der Waals surface area contributed by atoms with Crippen LogP contribution in [0.3, 0.4) is 0 Å². The lowest BCUT2D eigenvalue weighted by Crippen LogP contribution is -2.40. The minimum absolute atomic E-state index is 0.0949. The van der Waals surface area contributed by atoms with Crippen molar-refractivity contribution in [3.63, 3.8) is 0 Å². The molecule has 3 atom stereocenters. The van der Waals surface area contributed by atoms with Crippen LogP contribution in [0.25, 0.3) is 0 Å². The highest BCUT2D eigenvalue weighted by molar-refractivity contribution is 7.81. The molecule has 0 aromatic heterocycles. The average molecular weight is 247 g/mol. The molecule has 1 aliphatic rings. The lowest BCUT2D eigenvalue weighted by atomic mass is 10.4. The molecule has 0 aromatic carbocycles. The van der Waals surface area contributed by atoms with Gasteiger partial charge in [0.25, 0.3) is 0 Å². The van der Waals surface area contributed by atoms with Gasteiger partial charge in [-0.2, -0.15) is 0 Å². The molecule has 78 valence electrons. The van der Waals surface area contributed by atoms with E-state index in [0.29, 0.717) is 0 Å². The van der Waals surface area contributed by atoms with Gasteiger partial charge in [0.05, 0.1) is 14.7 Å². The molecule has 3 unspecified atom stereocenters. The molecule has 1 heterocycles. The third-order valence-corrected chi connectivity index (χ3v) is 6.16. The normalized spacial score (nSPS) is 41.9. The number of hydrogen-bond donors (Lipinski definition) is 0. The van der Waals surface area contributed by atoms with Crippen molar-refractivity contribution in [2.24, 2.45) is 0 Å². The first-order chi connectivity index (χ1) is 5.72. The first kappa shape index (κ1) is 11.7. The second kappa shape index (κ2) is 3.63. The van der Waals surface area contributed by atoms with E-state index in [2.05, 4.69) is 4.52 Å². The third kappa shape index (κ3) is 3.03. The fourth-order valence-corrected chi connectivity index (χ4v) is 3.99. The molecule has 0 bridgehead atoms. The number of rotatable bonds is 1. The summed E-state index contributed by atoms with van der Waals surface area (Å²) in [4.78, 5) is 0. The predicted octanol–water partition coefficient (Wildman–Crippen LogP) is 3.38. The Kier molecular flexibility index (Phi) is 3.25. The molecule has 1 saturated heterocycles.